The second-order valence-electron chi connectivity index (χ2n) is 1.24. The number of carboxylic acids is 2. The molecule has 0 N–H and O–H groups in total. The summed E-state index contributed by atoms with van der Waals surface area (Å²) in [6.07, 6.45) is -6.69. The zero-order chi connectivity index (χ0) is 10.3. The summed E-state index contributed by atoms with van der Waals surface area (Å²) < 4.78 is 42.0. The molecule has 0 amide bonds. The van der Waals surface area contributed by atoms with Crippen LogP contribution in [0.3, 0.4) is 0 Å². The van der Waals surface area contributed by atoms with Crippen LogP contribution in [0.25, 0.3) is 0 Å². The molecule has 0 aliphatic heterocycles. The van der Waals surface area contributed by atoms with E-state index in [4.69, 9.17) is 19.8 Å². The minimum atomic E-state index is -3.34. The minimum Gasteiger partial charge on any atom is -0.544 e. The zero-order valence-electron chi connectivity index (χ0n) is 5.62. The first-order valence-corrected chi connectivity index (χ1v) is 2.27. The molecule has 0 saturated heterocycles. The van der Waals surface area contributed by atoms with E-state index in [0.717, 1.165) is 0 Å². The smallest absolute Gasteiger partial charge is 0.544 e. The number of rotatable bonds is 2. The van der Waals surface area contributed by atoms with E-state index in [1.54, 1.807) is 0 Å². The van der Waals surface area contributed by atoms with Crippen LogP contribution >= 0.6 is 0 Å². The van der Waals surface area contributed by atoms with Gasteiger partial charge >= 0.3 is 20.4 Å². The molecule has 0 atom stereocenters. The van der Waals surface area contributed by atoms with E-state index < -0.39 is 24.8 Å². The molecule has 0 aromatic heterocycles. The third-order valence-electron chi connectivity index (χ3n) is 0.356. The van der Waals surface area contributed by atoms with Crippen LogP contribution in [0.5, 0.6) is 0 Å². The topological polar surface area (TPSA) is 80.3 Å². The third-order valence-corrected chi connectivity index (χ3v) is 0.356. The molecule has 0 aromatic rings. The second-order valence-corrected chi connectivity index (χ2v) is 1.24. The minimum absolute atomic E-state index is 0. The average molecular weight is 296 g/mol. The van der Waals surface area contributed by atoms with Crippen molar-refractivity contribution >= 4 is 11.9 Å². The van der Waals surface area contributed by atoms with Crippen molar-refractivity contribution in [2.75, 3.05) is 0 Å². The Morgan fingerprint density at radius 1 is 0.846 bits per heavy atom. The summed E-state index contributed by atoms with van der Waals surface area (Å²) in [6.45, 7) is 0. The summed E-state index contributed by atoms with van der Waals surface area (Å²) in [5.41, 5.74) is 0. The molecule has 0 radical (unpaired) electrons. The van der Waals surface area contributed by atoms with Crippen LogP contribution in [0.15, 0.2) is 0 Å². The van der Waals surface area contributed by atoms with E-state index in [0.29, 0.717) is 0 Å². The van der Waals surface area contributed by atoms with E-state index in [1.165, 1.54) is 0 Å². The van der Waals surface area contributed by atoms with Crippen LogP contribution in [0, 0.1) is 0 Å². The molecule has 0 fully saturated rings. The van der Waals surface area contributed by atoms with Crippen molar-refractivity contribution < 1.29 is 57.8 Å². The first kappa shape index (κ1) is 18.2. The summed E-state index contributed by atoms with van der Waals surface area (Å²) in [4.78, 5) is 17.7. The van der Waals surface area contributed by atoms with Gasteiger partial charge in [0.25, 0.3) is 12.9 Å². The van der Waals surface area contributed by atoms with Gasteiger partial charge in [0.05, 0.1) is 0 Å². The summed E-state index contributed by atoms with van der Waals surface area (Å²) in [5, 5.41) is 17.7. The van der Waals surface area contributed by atoms with E-state index in [1.807, 2.05) is 0 Å². The normalized spacial score (nSPS) is 8.46. The SMILES string of the molecule is O=C([O-])C(F)F.O=C([O-])C(F)F.[Pd+2]. The van der Waals surface area contributed by atoms with Gasteiger partial charge in [0.2, 0.25) is 0 Å². The largest absolute Gasteiger partial charge is 2.00 e. The van der Waals surface area contributed by atoms with Crippen LogP contribution in [-0.4, -0.2) is 24.8 Å². The molecule has 0 spiro atoms. The van der Waals surface area contributed by atoms with Gasteiger partial charge in [-0.25, -0.2) is 17.6 Å². The van der Waals surface area contributed by atoms with Crippen molar-refractivity contribution in [3.8, 4) is 0 Å². The zero-order valence-corrected chi connectivity index (χ0v) is 7.17. The number of alkyl halides is 4. The van der Waals surface area contributed by atoms with Gasteiger partial charge in [-0.2, -0.15) is 0 Å². The Balaban J connectivity index is -0.000000143. The fraction of sp³-hybridized carbons (Fsp3) is 0.500. The molecule has 0 rings (SSSR count). The fourth-order valence-electron chi connectivity index (χ4n) is 0. The van der Waals surface area contributed by atoms with Gasteiger partial charge in [0.15, 0.2) is 0 Å². The van der Waals surface area contributed by atoms with E-state index in [2.05, 4.69) is 0 Å². The molecule has 0 bridgehead atoms. The Morgan fingerprint density at radius 2 is 0.923 bits per heavy atom. The Kier molecular flexibility index (Phi) is 13.2. The van der Waals surface area contributed by atoms with E-state index in [-0.39, 0.29) is 20.4 Å². The monoisotopic (exact) mass is 296 g/mol. The Hall–Kier alpha value is -0.678. The van der Waals surface area contributed by atoms with Gasteiger partial charge in [-0.05, 0) is 0 Å². The maximum atomic E-state index is 10.5. The van der Waals surface area contributed by atoms with Crippen LogP contribution in [-0.2, 0) is 30.0 Å². The van der Waals surface area contributed by atoms with Gasteiger partial charge in [-0.15, -0.1) is 0 Å². The van der Waals surface area contributed by atoms with Crippen molar-refractivity contribution in [3.05, 3.63) is 0 Å². The standard InChI is InChI=1S/2C2H2F2O2.Pd/c2*3-1(4)2(5)6;/h2*1H,(H,5,6);/q;;+2/p-2. The molecular weight excluding hydrogens is 294 g/mol. The summed E-state index contributed by atoms with van der Waals surface area (Å²) in [7, 11) is 0. The number of carboxylic acid groups (broad SMARTS) is 2. The van der Waals surface area contributed by atoms with Gasteiger partial charge in [0, 0.05) is 0 Å². The molecule has 0 aromatic carbocycles. The maximum Gasteiger partial charge on any atom is 2.00 e. The molecule has 13 heavy (non-hydrogen) atoms. The predicted molar refractivity (Wildman–Crippen MR) is 22.0 cm³/mol. The summed E-state index contributed by atoms with van der Waals surface area (Å²) in [5.74, 6) is -4.65. The van der Waals surface area contributed by atoms with Crippen LogP contribution in [0.4, 0.5) is 17.6 Å². The van der Waals surface area contributed by atoms with Crippen molar-refractivity contribution in [3.63, 3.8) is 0 Å². The fourth-order valence-corrected chi connectivity index (χ4v) is 0. The summed E-state index contributed by atoms with van der Waals surface area (Å²) >= 11 is 0. The molecule has 9 heteroatoms. The number of carbonyl (C=O) groups is 2. The molecule has 4 nitrogen and oxygen atoms in total. The average Bonchev–Trinajstić information content (AvgIpc) is 1.88. The van der Waals surface area contributed by atoms with Gasteiger partial charge in [-0.1, -0.05) is 0 Å². The predicted octanol–water partition coefficient (Wildman–Crippen LogP) is -2.00. The Morgan fingerprint density at radius 3 is 0.923 bits per heavy atom. The van der Waals surface area contributed by atoms with Crippen molar-refractivity contribution in [2.45, 2.75) is 12.9 Å². The number of aliphatic carboxylic acids is 2. The van der Waals surface area contributed by atoms with Crippen LogP contribution in [0.2, 0.25) is 0 Å². The Labute approximate surface area is 83.2 Å². The number of carbonyl (C=O) groups excluding carboxylic acids is 2. The molecule has 0 heterocycles. The van der Waals surface area contributed by atoms with Crippen LogP contribution in [0.1, 0.15) is 0 Å². The van der Waals surface area contributed by atoms with E-state index >= 15 is 0 Å². The molecule has 0 aliphatic rings. The second kappa shape index (κ2) is 9.41. The Bertz CT molecular complexity index is 144. The van der Waals surface area contributed by atoms with Gasteiger partial charge in [-0.3, -0.25) is 0 Å². The van der Waals surface area contributed by atoms with Crippen molar-refractivity contribution in [1.29, 1.82) is 0 Å². The molecule has 0 saturated carbocycles. The number of halogens is 4. The molecule has 80 valence electrons. The van der Waals surface area contributed by atoms with Gasteiger partial charge < -0.3 is 19.8 Å². The first-order valence-electron chi connectivity index (χ1n) is 2.27. The molecule has 0 aliphatic carbocycles. The van der Waals surface area contributed by atoms with Crippen molar-refractivity contribution in [1.82, 2.24) is 0 Å². The number of hydrogen-bond donors (Lipinski definition) is 0. The van der Waals surface area contributed by atoms with E-state index in [9.17, 15) is 17.6 Å². The van der Waals surface area contributed by atoms with Crippen molar-refractivity contribution in [2.24, 2.45) is 0 Å². The van der Waals surface area contributed by atoms with Crippen LogP contribution < -0.4 is 10.2 Å². The maximum absolute atomic E-state index is 10.5. The first-order chi connectivity index (χ1) is 5.29. The third kappa shape index (κ3) is 18.4. The number of hydrogen-bond acceptors (Lipinski definition) is 4. The quantitative estimate of drug-likeness (QED) is 0.436. The summed E-state index contributed by atoms with van der Waals surface area (Å²) in [6, 6.07) is 0. The molecule has 0 unspecified atom stereocenters. The molecular formula is C4H2F4O4Pd. The van der Waals surface area contributed by atoms with Gasteiger partial charge in [0.1, 0.15) is 11.9 Å².